The molecule has 2 aromatic heterocycles. The minimum absolute atomic E-state index is 0.338. The van der Waals surface area contributed by atoms with Gasteiger partial charge in [-0.3, -0.25) is 0 Å². The lowest BCUT2D eigenvalue weighted by Crippen LogP contribution is -2.32. The third-order valence-electron chi connectivity index (χ3n) is 3.24. The first kappa shape index (κ1) is 13.1. The maximum Gasteiger partial charge on any atom is 0.138 e. The van der Waals surface area contributed by atoms with Crippen LogP contribution >= 0.6 is 23.6 Å². The van der Waals surface area contributed by atoms with Crippen LogP contribution in [0.3, 0.4) is 0 Å². The van der Waals surface area contributed by atoms with Crippen LogP contribution in [-0.2, 0) is 4.74 Å². The second-order valence-corrected chi connectivity index (χ2v) is 5.65. The number of aromatic nitrogens is 2. The maximum absolute atomic E-state index is 10.0. The summed E-state index contributed by atoms with van der Waals surface area (Å²) in [5.41, 5.74) is 0.750. The molecule has 1 fully saturated rings. The molecule has 1 saturated heterocycles. The van der Waals surface area contributed by atoms with E-state index in [1.54, 1.807) is 0 Å². The Morgan fingerprint density at radius 2 is 2.21 bits per heavy atom. The van der Waals surface area contributed by atoms with E-state index in [1.807, 2.05) is 5.38 Å². The van der Waals surface area contributed by atoms with E-state index in [4.69, 9.17) is 22.1 Å². The number of fused-ring (bicyclic) bond motifs is 1. The van der Waals surface area contributed by atoms with E-state index in [0.717, 1.165) is 15.8 Å². The minimum atomic E-state index is -1.10. The molecule has 0 aliphatic carbocycles. The summed E-state index contributed by atoms with van der Waals surface area (Å²) in [4.78, 5) is 7.71. The van der Waals surface area contributed by atoms with Crippen molar-refractivity contribution in [2.24, 2.45) is 0 Å². The monoisotopic (exact) mass is 300 g/mol. The van der Waals surface area contributed by atoms with Crippen LogP contribution in [-0.4, -0.2) is 50.2 Å². The average Bonchev–Trinajstić information content (AvgIpc) is 2.94. The first-order valence-electron chi connectivity index (χ1n) is 5.70. The SMILES string of the molecule is OC[C@H]1O[C@@H](c2scc3c(=S)nc[nH]c23)[C@H](O)[C@@H]1O. The van der Waals surface area contributed by atoms with Crippen LogP contribution in [0.15, 0.2) is 11.7 Å². The van der Waals surface area contributed by atoms with Crippen molar-refractivity contribution in [3.63, 3.8) is 0 Å². The maximum atomic E-state index is 10.0. The van der Waals surface area contributed by atoms with Crippen LogP contribution < -0.4 is 0 Å². The summed E-state index contributed by atoms with van der Waals surface area (Å²) in [6.07, 6.45) is -2.14. The van der Waals surface area contributed by atoms with Gasteiger partial charge in [-0.05, 0) is 0 Å². The van der Waals surface area contributed by atoms with Gasteiger partial charge in [0.05, 0.1) is 23.3 Å². The van der Waals surface area contributed by atoms with E-state index in [2.05, 4.69) is 9.97 Å². The first-order valence-corrected chi connectivity index (χ1v) is 6.99. The summed E-state index contributed by atoms with van der Waals surface area (Å²) in [5, 5.41) is 31.5. The Morgan fingerprint density at radius 3 is 2.89 bits per heavy atom. The van der Waals surface area contributed by atoms with Crippen molar-refractivity contribution < 1.29 is 20.1 Å². The average molecular weight is 300 g/mol. The van der Waals surface area contributed by atoms with Gasteiger partial charge in [-0.2, -0.15) is 0 Å². The predicted octanol–water partition coefficient (Wildman–Crippen LogP) is 0.508. The number of hydrogen-bond donors (Lipinski definition) is 4. The Kier molecular flexibility index (Phi) is 3.37. The van der Waals surface area contributed by atoms with Crippen molar-refractivity contribution >= 4 is 34.5 Å². The molecule has 3 heterocycles. The van der Waals surface area contributed by atoms with E-state index >= 15 is 0 Å². The van der Waals surface area contributed by atoms with Crippen molar-refractivity contribution in [2.45, 2.75) is 24.4 Å². The number of aromatic amines is 1. The van der Waals surface area contributed by atoms with Crippen molar-refractivity contribution in [1.82, 2.24) is 9.97 Å². The summed E-state index contributed by atoms with van der Waals surface area (Å²) in [6, 6.07) is 0. The van der Waals surface area contributed by atoms with E-state index in [9.17, 15) is 10.2 Å². The van der Waals surface area contributed by atoms with Gasteiger partial charge in [0, 0.05) is 10.8 Å². The molecular formula is C11H12N2O4S2. The molecule has 1 aliphatic rings. The summed E-state index contributed by atoms with van der Waals surface area (Å²) >= 11 is 6.50. The summed E-state index contributed by atoms with van der Waals surface area (Å²) in [6.45, 7) is -0.338. The lowest BCUT2D eigenvalue weighted by Gasteiger charge is -2.13. The van der Waals surface area contributed by atoms with Gasteiger partial charge in [0.15, 0.2) is 0 Å². The van der Waals surface area contributed by atoms with Gasteiger partial charge in [-0.15, -0.1) is 11.3 Å². The van der Waals surface area contributed by atoms with E-state index in [0.29, 0.717) is 4.64 Å². The Morgan fingerprint density at radius 1 is 1.42 bits per heavy atom. The van der Waals surface area contributed by atoms with Gasteiger partial charge in [-0.25, -0.2) is 4.98 Å². The van der Waals surface area contributed by atoms with E-state index < -0.39 is 24.4 Å². The Hall–Kier alpha value is -0.900. The molecular weight excluding hydrogens is 288 g/mol. The van der Waals surface area contributed by atoms with Crippen LogP contribution in [0.2, 0.25) is 0 Å². The summed E-state index contributed by atoms with van der Waals surface area (Å²) in [5.74, 6) is 0. The summed E-state index contributed by atoms with van der Waals surface area (Å²) in [7, 11) is 0. The number of thiophene rings is 1. The summed E-state index contributed by atoms with van der Waals surface area (Å²) < 4.78 is 5.99. The standard InChI is InChI=1S/C11H12N2O4S2/c14-1-5-7(15)8(16)9(17-5)10-6-4(2-19-10)11(18)13-3-12-6/h2-3,5,7-9,14-16H,1H2,(H,12,13,18)/t5-,7-,8-,9-/m1/s1. The Labute approximate surface area is 117 Å². The fraction of sp³-hybridized carbons (Fsp3) is 0.455. The largest absolute Gasteiger partial charge is 0.394 e. The number of rotatable bonds is 2. The highest BCUT2D eigenvalue weighted by Gasteiger charge is 2.44. The zero-order valence-electron chi connectivity index (χ0n) is 9.68. The molecule has 0 unspecified atom stereocenters. The molecule has 6 nitrogen and oxygen atoms in total. The molecule has 2 aromatic rings. The van der Waals surface area contributed by atoms with Crippen LogP contribution in [0.25, 0.3) is 10.9 Å². The number of ether oxygens (including phenoxy) is 1. The van der Waals surface area contributed by atoms with Crippen LogP contribution in [0.1, 0.15) is 11.0 Å². The molecule has 19 heavy (non-hydrogen) atoms. The van der Waals surface area contributed by atoms with Crippen molar-refractivity contribution in [2.75, 3.05) is 6.61 Å². The third-order valence-corrected chi connectivity index (χ3v) is 4.61. The van der Waals surface area contributed by atoms with Crippen molar-refractivity contribution in [1.29, 1.82) is 0 Å². The minimum Gasteiger partial charge on any atom is -0.394 e. The Bertz CT molecular complexity index is 655. The van der Waals surface area contributed by atoms with Gasteiger partial charge in [0.25, 0.3) is 0 Å². The van der Waals surface area contributed by atoms with E-state index in [-0.39, 0.29) is 6.61 Å². The highest BCUT2D eigenvalue weighted by molar-refractivity contribution is 7.71. The zero-order chi connectivity index (χ0) is 13.6. The molecule has 0 spiro atoms. The van der Waals surface area contributed by atoms with Crippen molar-refractivity contribution in [3.8, 4) is 0 Å². The van der Waals surface area contributed by atoms with Crippen LogP contribution in [0, 0.1) is 4.64 Å². The number of hydrogen-bond acceptors (Lipinski definition) is 7. The van der Waals surface area contributed by atoms with Crippen LogP contribution in [0.5, 0.6) is 0 Å². The topological polar surface area (TPSA) is 98.6 Å². The smallest absolute Gasteiger partial charge is 0.138 e. The normalized spacial score (nSPS) is 31.1. The third kappa shape index (κ3) is 2.00. The Balaban J connectivity index is 2.06. The molecule has 0 radical (unpaired) electrons. The lowest BCUT2D eigenvalue weighted by atomic mass is 10.1. The predicted molar refractivity (Wildman–Crippen MR) is 71.5 cm³/mol. The number of aliphatic hydroxyl groups excluding tert-OH is 3. The van der Waals surface area contributed by atoms with Crippen LogP contribution in [0.4, 0.5) is 0 Å². The highest BCUT2D eigenvalue weighted by Crippen LogP contribution is 2.39. The molecule has 0 bridgehead atoms. The molecule has 0 aromatic carbocycles. The molecule has 4 atom stereocenters. The number of H-pyrrole nitrogens is 1. The molecule has 0 saturated carbocycles. The molecule has 1 aliphatic heterocycles. The number of nitrogens with one attached hydrogen (secondary N) is 1. The first-order chi connectivity index (χ1) is 9.13. The van der Waals surface area contributed by atoms with Gasteiger partial charge in [0.1, 0.15) is 29.1 Å². The molecule has 0 amide bonds. The second kappa shape index (κ2) is 4.89. The quantitative estimate of drug-likeness (QED) is 0.603. The molecule has 102 valence electrons. The second-order valence-electron chi connectivity index (χ2n) is 4.36. The molecule has 3 rings (SSSR count). The fourth-order valence-corrected chi connectivity index (χ4v) is 3.61. The number of nitrogens with zero attached hydrogens (tertiary/aromatic N) is 1. The van der Waals surface area contributed by atoms with Gasteiger partial charge >= 0.3 is 0 Å². The van der Waals surface area contributed by atoms with Gasteiger partial charge in [-0.1, -0.05) is 12.2 Å². The fourth-order valence-electron chi connectivity index (χ4n) is 2.23. The molecule has 4 N–H and O–H groups in total. The van der Waals surface area contributed by atoms with Gasteiger partial charge in [0.2, 0.25) is 0 Å². The lowest BCUT2D eigenvalue weighted by molar-refractivity contribution is -0.0214. The van der Waals surface area contributed by atoms with Crippen molar-refractivity contribution in [3.05, 3.63) is 21.2 Å². The van der Waals surface area contributed by atoms with E-state index in [1.165, 1.54) is 17.7 Å². The highest BCUT2D eigenvalue weighted by atomic mass is 32.1. The number of aliphatic hydroxyl groups is 3. The zero-order valence-corrected chi connectivity index (χ0v) is 11.3. The molecule has 8 heteroatoms. The van der Waals surface area contributed by atoms with Gasteiger partial charge < -0.3 is 25.0 Å².